The molecule has 1 saturated heterocycles. The quantitative estimate of drug-likeness (QED) is 0.729. The smallest absolute Gasteiger partial charge is 0.254 e. The van der Waals surface area contributed by atoms with Crippen LogP contribution in [0.3, 0.4) is 0 Å². The van der Waals surface area contributed by atoms with Gasteiger partial charge in [0.15, 0.2) is 0 Å². The molecule has 4 rings (SSSR count). The van der Waals surface area contributed by atoms with E-state index in [1.807, 2.05) is 32.3 Å². The molecule has 2 fully saturated rings. The second kappa shape index (κ2) is 7.85. The fourth-order valence-electron chi connectivity index (χ4n) is 4.38. The number of hydrogen-bond donors (Lipinski definition) is 3. The van der Waals surface area contributed by atoms with Crippen LogP contribution in [0.15, 0.2) is 23.1 Å². The molecule has 1 amide bonds. The van der Waals surface area contributed by atoms with Gasteiger partial charge in [-0.15, -0.1) is 11.8 Å². The van der Waals surface area contributed by atoms with Crippen molar-refractivity contribution in [2.75, 3.05) is 5.88 Å². The Morgan fingerprint density at radius 1 is 1.36 bits per heavy atom. The van der Waals surface area contributed by atoms with Crippen LogP contribution in [-0.2, 0) is 11.8 Å². The Hall–Kier alpha value is -1.90. The van der Waals surface area contributed by atoms with Gasteiger partial charge >= 0.3 is 0 Å². The molecule has 1 aliphatic heterocycles. The van der Waals surface area contributed by atoms with Crippen LogP contribution in [0.25, 0.3) is 10.9 Å². The van der Waals surface area contributed by atoms with E-state index in [-0.39, 0.29) is 28.8 Å². The zero-order chi connectivity index (χ0) is 19.8. The summed E-state index contributed by atoms with van der Waals surface area (Å²) in [4.78, 5) is 30.3. The molecule has 3 heterocycles. The summed E-state index contributed by atoms with van der Waals surface area (Å²) in [6, 6.07) is 3.94. The molecular weight excluding hydrogens is 374 g/mol. The number of hydrogen-bond acceptors (Lipinski definition) is 6. The van der Waals surface area contributed by atoms with E-state index in [4.69, 9.17) is 0 Å². The highest BCUT2D eigenvalue weighted by molar-refractivity contribution is 8.00. The fraction of sp³-hybridized carbons (Fsp3) is 0.550. The Morgan fingerprint density at radius 3 is 2.93 bits per heavy atom. The van der Waals surface area contributed by atoms with E-state index in [0.29, 0.717) is 12.3 Å². The zero-order valence-corrected chi connectivity index (χ0v) is 17.3. The lowest BCUT2D eigenvalue weighted by molar-refractivity contribution is -0.126. The standard InChI is InChI=1S/C20H27N5O2S/c1-11-4-5-13(18(26)23-20-24-22-10-28-20)7-15(11)16-8-14-9-21-12(2)6-17(14)25(3)19(16)27/h6,8-9,11,13,15,20,22,24H,4-5,7,10H2,1-3H3,(H,23,26). The van der Waals surface area contributed by atoms with Crippen molar-refractivity contribution < 1.29 is 4.79 Å². The monoisotopic (exact) mass is 401 g/mol. The molecular formula is C20H27N5O2S. The maximum Gasteiger partial charge on any atom is 0.254 e. The van der Waals surface area contributed by atoms with Crippen LogP contribution in [0.1, 0.15) is 43.4 Å². The number of nitrogens with one attached hydrogen (secondary N) is 3. The third kappa shape index (κ3) is 3.68. The second-order valence-electron chi connectivity index (χ2n) is 7.96. The Kier molecular flexibility index (Phi) is 5.44. The summed E-state index contributed by atoms with van der Waals surface area (Å²) in [6.07, 6.45) is 4.35. The number of amides is 1. The Morgan fingerprint density at radius 2 is 2.18 bits per heavy atom. The van der Waals surface area contributed by atoms with Gasteiger partial charge in [-0.05, 0) is 50.2 Å². The molecule has 0 aromatic carbocycles. The summed E-state index contributed by atoms with van der Waals surface area (Å²) >= 11 is 1.62. The van der Waals surface area contributed by atoms with Gasteiger partial charge in [0, 0.05) is 35.8 Å². The van der Waals surface area contributed by atoms with Crippen molar-refractivity contribution in [1.82, 2.24) is 25.7 Å². The summed E-state index contributed by atoms with van der Waals surface area (Å²) in [5.41, 5.74) is 8.59. The topological polar surface area (TPSA) is 88.1 Å². The molecule has 3 N–H and O–H groups in total. The molecule has 0 radical (unpaired) electrons. The Balaban J connectivity index is 1.61. The minimum absolute atomic E-state index is 0.0354. The van der Waals surface area contributed by atoms with Crippen LogP contribution in [0.4, 0.5) is 0 Å². The molecule has 150 valence electrons. The number of nitrogens with zero attached hydrogens (tertiary/aromatic N) is 2. The first kappa shape index (κ1) is 19.4. The van der Waals surface area contributed by atoms with Crippen molar-refractivity contribution in [3.63, 3.8) is 0 Å². The molecule has 0 spiro atoms. The summed E-state index contributed by atoms with van der Waals surface area (Å²) in [6.45, 7) is 4.12. The van der Waals surface area contributed by atoms with Gasteiger partial charge < -0.3 is 9.88 Å². The third-order valence-corrected chi connectivity index (χ3v) is 6.95. The first-order valence-corrected chi connectivity index (χ1v) is 10.9. The van der Waals surface area contributed by atoms with E-state index in [1.54, 1.807) is 16.3 Å². The molecule has 8 heteroatoms. The Labute approximate surface area is 168 Å². The number of thioether (sulfide) groups is 1. The van der Waals surface area contributed by atoms with Gasteiger partial charge in [0.05, 0.1) is 11.4 Å². The van der Waals surface area contributed by atoms with E-state index in [0.717, 1.165) is 40.9 Å². The molecule has 7 nitrogen and oxygen atoms in total. The summed E-state index contributed by atoms with van der Waals surface area (Å²) < 4.78 is 1.72. The fourth-order valence-corrected chi connectivity index (χ4v) is 5.07. The normalized spacial score (nSPS) is 27.8. The van der Waals surface area contributed by atoms with Gasteiger partial charge in [0.25, 0.3) is 5.56 Å². The number of fused-ring (bicyclic) bond motifs is 1. The van der Waals surface area contributed by atoms with Crippen LogP contribution in [0.2, 0.25) is 0 Å². The number of aromatic nitrogens is 2. The van der Waals surface area contributed by atoms with Gasteiger partial charge in [0.1, 0.15) is 5.50 Å². The van der Waals surface area contributed by atoms with Crippen molar-refractivity contribution >= 4 is 28.6 Å². The highest BCUT2D eigenvalue weighted by atomic mass is 32.2. The van der Waals surface area contributed by atoms with E-state index < -0.39 is 0 Å². The highest BCUT2D eigenvalue weighted by Gasteiger charge is 2.35. The first-order chi connectivity index (χ1) is 13.4. The van der Waals surface area contributed by atoms with Crippen molar-refractivity contribution in [2.24, 2.45) is 18.9 Å². The number of carbonyl (C=O) groups excluding carboxylic acids is 1. The van der Waals surface area contributed by atoms with Crippen molar-refractivity contribution in [3.8, 4) is 0 Å². The number of rotatable bonds is 3. The Bertz CT molecular complexity index is 953. The number of aryl methyl sites for hydroxylation is 2. The van der Waals surface area contributed by atoms with E-state index >= 15 is 0 Å². The van der Waals surface area contributed by atoms with Crippen molar-refractivity contribution in [3.05, 3.63) is 39.9 Å². The molecule has 4 unspecified atom stereocenters. The molecule has 2 aromatic heterocycles. The summed E-state index contributed by atoms with van der Waals surface area (Å²) in [7, 11) is 1.82. The van der Waals surface area contributed by atoms with Crippen LogP contribution in [-0.4, -0.2) is 26.8 Å². The predicted molar refractivity (Wildman–Crippen MR) is 112 cm³/mol. The molecule has 1 saturated carbocycles. The maximum absolute atomic E-state index is 13.1. The first-order valence-electron chi connectivity index (χ1n) is 9.80. The van der Waals surface area contributed by atoms with E-state index in [9.17, 15) is 9.59 Å². The molecule has 2 aromatic rings. The number of hydrazine groups is 1. The zero-order valence-electron chi connectivity index (χ0n) is 16.5. The highest BCUT2D eigenvalue weighted by Crippen LogP contribution is 2.40. The molecule has 1 aliphatic carbocycles. The van der Waals surface area contributed by atoms with Gasteiger partial charge in [-0.25, -0.2) is 10.9 Å². The van der Waals surface area contributed by atoms with Crippen LogP contribution in [0, 0.1) is 18.8 Å². The third-order valence-electron chi connectivity index (χ3n) is 6.07. The molecule has 0 bridgehead atoms. The minimum Gasteiger partial charge on any atom is -0.331 e. The average molecular weight is 402 g/mol. The van der Waals surface area contributed by atoms with Gasteiger partial charge in [-0.1, -0.05) is 6.92 Å². The van der Waals surface area contributed by atoms with Crippen molar-refractivity contribution in [1.29, 1.82) is 0 Å². The van der Waals surface area contributed by atoms with Gasteiger partial charge in [-0.3, -0.25) is 14.6 Å². The molecule has 28 heavy (non-hydrogen) atoms. The van der Waals surface area contributed by atoms with Crippen LogP contribution in [0.5, 0.6) is 0 Å². The van der Waals surface area contributed by atoms with Crippen LogP contribution < -0.4 is 21.7 Å². The lowest BCUT2D eigenvalue weighted by Crippen LogP contribution is -2.46. The van der Waals surface area contributed by atoms with Crippen molar-refractivity contribution in [2.45, 2.75) is 44.5 Å². The van der Waals surface area contributed by atoms with Crippen LogP contribution >= 0.6 is 11.8 Å². The summed E-state index contributed by atoms with van der Waals surface area (Å²) in [5.74, 6) is 1.22. The predicted octanol–water partition coefficient (Wildman–Crippen LogP) is 1.96. The molecule has 4 atom stereocenters. The van der Waals surface area contributed by atoms with E-state index in [2.05, 4.69) is 28.1 Å². The molecule has 2 aliphatic rings. The largest absolute Gasteiger partial charge is 0.331 e. The number of pyridine rings is 2. The SMILES string of the molecule is Cc1cc2c(cn1)cc(C1CC(C(=O)NC3NNCS3)CCC1C)c(=O)n2C. The maximum atomic E-state index is 13.1. The minimum atomic E-state index is -0.0897. The summed E-state index contributed by atoms with van der Waals surface area (Å²) in [5, 5.41) is 4.03. The average Bonchev–Trinajstić information content (AvgIpc) is 3.18. The van der Waals surface area contributed by atoms with Gasteiger partial charge in [0.2, 0.25) is 5.91 Å². The van der Waals surface area contributed by atoms with E-state index in [1.165, 1.54) is 0 Å². The lowest BCUT2D eigenvalue weighted by atomic mass is 9.71. The number of carbonyl (C=O) groups is 1. The van der Waals surface area contributed by atoms with Gasteiger partial charge in [-0.2, -0.15) is 0 Å². The second-order valence-corrected chi connectivity index (χ2v) is 9.06. The lowest BCUT2D eigenvalue weighted by Gasteiger charge is -2.34.